The molecule has 0 aliphatic carbocycles. The molecule has 6 heteroatoms. The Kier molecular flexibility index (Phi) is 2.55. The zero-order valence-corrected chi connectivity index (χ0v) is 8.39. The van der Waals surface area contributed by atoms with Crippen LogP contribution in [0.25, 0.3) is 11.4 Å². The fourth-order valence-electron chi connectivity index (χ4n) is 1.32. The lowest BCUT2D eigenvalue weighted by molar-refractivity contribution is 0.112. The molecule has 6 nitrogen and oxygen atoms in total. The van der Waals surface area contributed by atoms with Gasteiger partial charge in [-0.05, 0) is 12.1 Å². The highest BCUT2D eigenvalue weighted by Crippen LogP contribution is 2.27. The molecule has 16 heavy (non-hydrogen) atoms. The van der Waals surface area contributed by atoms with E-state index in [4.69, 9.17) is 4.74 Å². The van der Waals surface area contributed by atoms with Gasteiger partial charge in [0, 0.05) is 5.56 Å². The predicted molar refractivity (Wildman–Crippen MR) is 54.5 cm³/mol. The fraction of sp³-hybridized carbons (Fsp3) is 0.100. The van der Waals surface area contributed by atoms with E-state index in [9.17, 15) is 9.59 Å². The number of ether oxygens (including phenoxy) is 1. The Labute approximate surface area is 89.8 Å². The molecule has 0 aliphatic heterocycles. The van der Waals surface area contributed by atoms with Crippen molar-refractivity contribution in [3.63, 3.8) is 0 Å². The number of nitrogens with one attached hydrogen (secondary N) is 1. The number of hydrogen-bond donors (Lipinski definition) is 1. The molecular weight excluding hydrogens is 212 g/mol. The number of methoxy groups -OCH3 is 1. The van der Waals surface area contributed by atoms with E-state index < -0.39 is 5.76 Å². The molecule has 1 heterocycles. The smallest absolute Gasteiger partial charge is 0.439 e. The topological polar surface area (TPSA) is 85.2 Å². The molecule has 2 aromatic rings. The molecule has 1 aromatic carbocycles. The highest BCUT2D eigenvalue weighted by molar-refractivity contribution is 5.78. The van der Waals surface area contributed by atoms with Crippen LogP contribution < -0.4 is 10.5 Å². The van der Waals surface area contributed by atoms with Crippen molar-refractivity contribution in [1.29, 1.82) is 0 Å². The molecule has 0 unspecified atom stereocenters. The van der Waals surface area contributed by atoms with Gasteiger partial charge in [0.15, 0.2) is 5.82 Å². The largest absolute Gasteiger partial charge is 0.496 e. The van der Waals surface area contributed by atoms with Gasteiger partial charge in [-0.3, -0.25) is 14.3 Å². The van der Waals surface area contributed by atoms with Crippen LogP contribution in [0.2, 0.25) is 0 Å². The third-order valence-corrected chi connectivity index (χ3v) is 2.06. The SMILES string of the molecule is COc1cc(C=O)ccc1-c1noc(=O)[nH]1. The van der Waals surface area contributed by atoms with Crippen LogP contribution in [0.15, 0.2) is 27.5 Å². The number of carbonyl (C=O) groups excluding carboxylic acids is 1. The summed E-state index contributed by atoms with van der Waals surface area (Å²) in [7, 11) is 1.46. The first-order valence-electron chi connectivity index (χ1n) is 4.44. The van der Waals surface area contributed by atoms with E-state index in [-0.39, 0.29) is 5.82 Å². The average Bonchev–Trinajstić information content (AvgIpc) is 2.74. The van der Waals surface area contributed by atoms with Gasteiger partial charge in [-0.2, -0.15) is 0 Å². The Hall–Kier alpha value is -2.37. The molecule has 0 spiro atoms. The number of aromatic amines is 1. The van der Waals surface area contributed by atoms with Crippen molar-refractivity contribution in [3.05, 3.63) is 34.3 Å². The van der Waals surface area contributed by atoms with E-state index in [1.165, 1.54) is 7.11 Å². The van der Waals surface area contributed by atoms with E-state index >= 15 is 0 Å². The molecule has 0 saturated carbocycles. The number of aldehydes is 1. The van der Waals surface area contributed by atoms with Crippen LogP contribution in [-0.4, -0.2) is 23.5 Å². The van der Waals surface area contributed by atoms with Gasteiger partial charge in [0.25, 0.3) is 0 Å². The lowest BCUT2D eigenvalue weighted by atomic mass is 10.1. The number of benzene rings is 1. The Balaban J connectivity index is 2.56. The Morgan fingerprint density at radius 1 is 1.50 bits per heavy atom. The molecule has 82 valence electrons. The molecule has 0 amide bonds. The Morgan fingerprint density at radius 2 is 2.31 bits per heavy atom. The van der Waals surface area contributed by atoms with Crippen LogP contribution in [0.4, 0.5) is 0 Å². The summed E-state index contributed by atoms with van der Waals surface area (Å²) in [5.41, 5.74) is 1.03. The number of hydrogen-bond acceptors (Lipinski definition) is 5. The summed E-state index contributed by atoms with van der Waals surface area (Å²) in [6, 6.07) is 4.77. The van der Waals surface area contributed by atoms with E-state index in [0.717, 1.165) is 0 Å². The van der Waals surface area contributed by atoms with Crippen LogP contribution >= 0.6 is 0 Å². The molecule has 0 saturated heterocycles. The highest BCUT2D eigenvalue weighted by Gasteiger charge is 2.11. The number of nitrogens with zero attached hydrogens (tertiary/aromatic N) is 1. The maximum absolute atomic E-state index is 10.8. The molecule has 0 atom stereocenters. The number of rotatable bonds is 3. The third-order valence-electron chi connectivity index (χ3n) is 2.06. The molecular formula is C10H8N2O4. The summed E-state index contributed by atoms with van der Waals surface area (Å²) in [4.78, 5) is 23.8. The van der Waals surface area contributed by atoms with Crippen LogP contribution in [0.5, 0.6) is 5.75 Å². The zero-order chi connectivity index (χ0) is 11.5. The summed E-state index contributed by atoms with van der Waals surface area (Å²) >= 11 is 0. The molecule has 0 aliphatic rings. The standard InChI is InChI=1S/C10H8N2O4/c1-15-8-4-6(5-13)2-3-7(8)9-11-10(14)16-12-9/h2-5H,1H3,(H,11,12,14). The normalized spacial score (nSPS) is 10.1. The molecule has 0 bridgehead atoms. The minimum atomic E-state index is -0.642. The van der Waals surface area contributed by atoms with Crippen LogP contribution in [-0.2, 0) is 0 Å². The Bertz CT molecular complexity index is 570. The summed E-state index contributed by atoms with van der Waals surface area (Å²) in [5, 5.41) is 3.54. The van der Waals surface area contributed by atoms with Crippen LogP contribution in [0, 0.1) is 0 Å². The van der Waals surface area contributed by atoms with Gasteiger partial charge in [0.2, 0.25) is 0 Å². The summed E-state index contributed by atoms with van der Waals surface area (Å²) in [6.45, 7) is 0. The summed E-state index contributed by atoms with van der Waals surface area (Å²) in [5.74, 6) is 0.0602. The third kappa shape index (κ3) is 1.72. The van der Waals surface area contributed by atoms with Gasteiger partial charge >= 0.3 is 5.76 Å². The zero-order valence-electron chi connectivity index (χ0n) is 8.39. The van der Waals surface area contributed by atoms with E-state index in [0.29, 0.717) is 23.2 Å². The number of aromatic nitrogens is 2. The van der Waals surface area contributed by atoms with Crippen LogP contribution in [0.3, 0.4) is 0 Å². The number of H-pyrrole nitrogens is 1. The second-order valence-electron chi connectivity index (χ2n) is 3.02. The van der Waals surface area contributed by atoms with Crippen molar-refractivity contribution in [3.8, 4) is 17.1 Å². The number of carbonyl (C=O) groups is 1. The van der Waals surface area contributed by atoms with E-state index in [1.54, 1.807) is 18.2 Å². The maximum atomic E-state index is 10.8. The molecule has 2 rings (SSSR count). The lowest BCUT2D eigenvalue weighted by Gasteiger charge is -2.05. The summed E-state index contributed by atoms with van der Waals surface area (Å²) in [6.07, 6.45) is 0.706. The Morgan fingerprint density at radius 3 is 2.88 bits per heavy atom. The van der Waals surface area contributed by atoms with Gasteiger partial charge in [-0.1, -0.05) is 11.2 Å². The highest BCUT2D eigenvalue weighted by atomic mass is 16.5. The predicted octanol–water partition coefficient (Wildman–Crippen LogP) is 0.851. The van der Waals surface area contributed by atoms with Crippen LogP contribution in [0.1, 0.15) is 10.4 Å². The first-order valence-corrected chi connectivity index (χ1v) is 4.44. The fourth-order valence-corrected chi connectivity index (χ4v) is 1.32. The summed E-state index contributed by atoms with van der Waals surface area (Å²) < 4.78 is 9.48. The second-order valence-corrected chi connectivity index (χ2v) is 3.02. The van der Waals surface area contributed by atoms with Gasteiger partial charge in [-0.15, -0.1) is 0 Å². The van der Waals surface area contributed by atoms with Gasteiger partial charge < -0.3 is 4.74 Å². The first-order chi connectivity index (χ1) is 7.74. The van der Waals surface area contributed by atoms with Gasteiger partial charge in [0.1, 0.15) is 12.0 Å². The monoisotopic (exact) mass is 220 g/mol. The second kappa shape index (κ2) is 4.01. The van der Waals surface area contributed by atoms with E-state index in [1.807, 2.05) is 0 Å². The minimum Gasteiger partial charge on any atom is -0.496 e. The van der Waals surface area contributed by atoms with Crippen molar-refractivity contribution in [2.75, 3.05) is 7.11 Å². The van der Waals surface area contributed by atoms with Crippen molar-refractivity contribution < 1.29 is 14.1 Å². The minimum absolute atomic E-state index is 0.263. The van der Waals surface area contributed by atoms with Crippen molar-refractivity contribution >= 4 is 6.29 Å². The quantitative estimate of drug-likeness (QED) is 0.775. The average molecular weight is 220 g/mol. The molecule has 1 N–H and O–H groups in total. The van der Waals surface area contributed by atoms with Crippen molar-refractivity contribution in [1.82, 2.24) is 10.1 Å². The molecule has 0 fully saturated rings. The van der Waals surface area contributed by atoms with Gasteiger partial charge in [0.05, 0.1) is 12.7 Å². The maximum Gasteiger partial charge on any atom is 0.439 e. The lowest BCUT2D eigenvalue weighted by Crippen LogP contribution is -1.96. The van der Waals surface area contributed by atoms with Gasteiger partial charge in [-0.25, -0.2) is 4.79 Å². The molecule has 0 radical (unpaired) electrons. The van der Waals surface area contributed by atoms with Crippen molar-refractivity contribution in [2.24, 2.45) is 0 Å². The first kappa shape index (κ1) is 10.2. The van der Waals surface area contributed by atoms with Crippen molar-refractivity contribution in [2.45, 2.75) is 0 Å². The molecule has 1 aromatic heterocycles. The van der Waals surface area contributed by atoms with E-state index in [2.05, 4.69) is 14.7 Å².